The maximum absolute atomic E-state index is 13.1. The van der Waals surface area contributed by atoms with Gasteiger partial charge in [-0.1, -0.05) is 19.4 Å². The van der Waals surface area contributed by atoms with Crippen LogP contribution in [0.5, 0.6) is 5.75 Å². The molecule has 0 atom stereocenters. The van der Waals surface area contributed by atoms with Crippen LogP contribution in [0.2, 0.25) is 0 Å². The van der Waals surface area contributed by atoms with E-state index >= 15 is 0 Å². The Kier molecular flexibility index (Phi) is 11.1. The number of hydrogen-bond donors (Lipinski definition) is 1. The lowest BCUT2D eigenvalue weighted by molar-refractivity contribution is -0.135. The Morgan fingerprint density at radius 1 is 0.953 bits per heavy atom. The quantitative estimate of drug-likeness (QED) is 0.319. The first kappa shape index (κ1) is 31.5. The lowest BCUT2D eigenvalue weighted by Crippen LogP contribution is -2.52. The van der Waals surface area contributed by atoms with E-state index in [1.54, 1.807) is 14.7 Å². The highest BCUT2D eigenvalue weighted by atomic mass is 16.6. The highest BCUT2D eigenvalue weighted by Gasteiger charge is 2.26. The number of pyridine rings is 1. The molecule has 1 N–H and O–H groups in total. The average molecular weight is 594 g/mol. The molecule has 1 aromatic carbocycles. The number of fused-ring (bicyclic) bond motifs is 1. The van der Waals surface area contributed by atoms with Crippen molar-refractivity contribution in [2.45, 2.75) is 26.7 Å². The zero-order chi connectivity index (χ0) is 30.8. The minimum absolute atomic E-state index is 0.0677. The number of nitrogens with one attached hydrogen (secondary N) is 1. The molecule has 0 spiro atoms. The Morgan fingerprint density at radius 3 is 2.33 bits per heavy atom. The molecule has 3 heterocycles. The van der Waals surface area contributed by atoms with Gasteiger partial charge in [-0.15, -0.1) is 0 Å². The van der Waals surface area contributed by atoms with Crippen molar-refractivity contribution >= 4 is 34.7 Å². The summed E-state index contributed by atoms with van der Waals surface area (Å²) in [6.07, 6.45) is 1.38. The fourth-order valence-electron chi connectivity index (χ4n) is 4.92. The van der Waals surface area contributed by atoms with Gasteiger partial charge in [-0.3, -0.25) is 19.3 Å². The van der Waals surface area contributed by atoms with Crippen molar-refractivity contribution in [1.82, 2.24) is 29.9 Å². The molecule has 1 aromatic heterocycles. The predicted molar refractivity (Wildman–Crippen MR) is 157 cm³/mol. The van der Waals surface area contributed by atoms with Crippen LogP contribution < -0.4 is 10.1 Å². The van der Waals surface area contributed by atoms with Crippen molar-refractivity contribution < 1.29 is 28.7 Å². The van der Waals surface area contributed by atoms with Gasteiger partial charge in [0.2, 0.25) is 5.91 Å². The fourth-order valence-corrected chi connectivity index (χ4v) is 4.92. The number of nitrogens with zero attached hydrogens (tertiary/aromatic N) is 6. The third kappa shape index (κ3) is 8.54. The molecule has 4 amide bonds. The second-order valence-corrected chi connectivity index (χ2v) is 10.6. The van der Waals surface area contributed by atoms with Gasteiger partial charge < -0.3 is 29.5 Å². The Hall–Kier alpha value is -4.44. The van der Waals surface area contributed by atoms with E-state index in [1.807, 2.05) is 36.9 Å². The predicted octanol–water partition coefficient (Wildman–Crippen LogP) is 1.40. The van der Waals surface area contributed by atoms with Crippen LogP contribution in [-0.2, 0) is 14.3 Å². The van der Waals surface area contributed by atoms with Gasteiger partial charge in [-0.25, -0.2) is 9.78 Å². The maximum atomic E-state index is 13.1. The maximum Gasteiger partial charge on any atom is 0.409 e. The SMILES string of the molecule is CCCCOC(=O)N1CCN(C(=O)CNC(=O)c2cc(OCC(=O)N3CCN(CC#N)CC3)c3ccc(C)cc3n2)CC1. The molecule has 43 heavy (non-hydrogen) atoms. The molecule has 2 aromatic rings. The number of aryl methyl sites for hydroxylation is 1. The summed E-state index contributed by atoms with van der Waals surface area (Å²) in [7, 11) is 0. The fraction of sp³-hybridized carbons (Fsp3) is 0.533. The van der Waals surface area contributed by atoms with Gasteiger partial charge in [0.05, 0.1) is 31.3 Å². The van der Waals surface area contributed by atoms with Crippen molar-refractivity contribution in [1.29, 1.82) is 5.26 Å². The van der Waals surface area contributed by atoms with Crippen LogP contribution in [0.25, 0.3) is 10.9 Å². The lowest BCUT2D eigenvalue weighted by atomic mass is 10.1. The van der Waals surface area contributed by atoms with E-state index in [-0.39, 0.29) is 36.8 Å². The molecule has 0 aliphatic carbocycles. The summed E-state index contributed by atoms with van der Waals surface area (Å²) < 4.78 is 11.2. The van der Waals surface area contributed by atoms with Gasteiger partial charge >= 0.3 is 6.09 Å². The molecule has 2 aliphatic heterocycles. The molecule has 2 fully saturated rings. The number of hydrogen-bond acceptors (Lipinski definition) is 9. The van der Waals surface area contributed by atoms with E-state index in [0.29, 0.717) is 82.2 Å². The largest absolute Gasteiger partial charge is 0.483 e. The number of amides is 4. The van der Waals surface area contributed by atoms with E-state index in [4.69, 9.17) is 14.7 Å². The first-order chi connectivity index (χ1) is 20.8. The normalized spacial score (nSPS) is 15.6. The molecular weight excluding hydrogens is 554 g/mol. The number of carbonyl (C=O) groups is 4. The van der Waals surface area contributed by atoms with Crippen LogP contribution in [0.15, 0.2) is 24.3 Å². The monoisotopic (exact) mass is 593 g/mol. The molecule has 0 saturated carbocycles. The number of aromatic nitrogens is 1. The third-order valence-corrected chi connectivity index (χ3v) is 7.54. The van der Waals surface area contributed by atoms with Crippen molar-refractivity contribution in [3.05, 3.63) is 35.5 Å². The molecule has 2 saturated heterocycles. The van der Waals surface area contributed by atoms with Crippen LogP contribution in [0.1, 0.15) is 35.8 Å². The molecule has 13 heteroatoms. The van der Waals surface area contributed by atoms with Crippen molar-refractivity contribution in [3.63, 3.8) is 0 Å². The van der Waals surface area contributed by atoms with Gasteiger partial charge in [0.1, 0.15) is 11.4 Å². The summed E-state index contributed by atoms with van der Waals surface area (Å²) in [6, 6.07) is 9.17. The lowest BCUT2D eigenvalue weighted by Gasteiger charge is -2.34. The topological polar surface area (TPSA) is 148 Å². The zero-order valence-corrected chi connectivity index (χ0v) is 24.8. The number of nitriles is 1. The molecule has 0 unspecified atom stereocenters. The zero-order valence-electron chi connectivity index (χ0n) is 24.8. The number of carbonyl (C=O) groups excluding carboxylic acids is 4. The first-order valence-electron chi connectivity index (χ1n) is 14.7. The van der Waals surface area contributed by atoms with E-state index < -0.39 is 5.91 Å². The Labute approximate surface area is 251 Å². The van der Waals surface area contributed by atoms with Gasteiger partial charge in [-0.05, 0) is 31.0 Å². The number of piperazine rings is 2. The van der Waals surface area contributed by atoms with E-state index in [2.05, 4.69) is 16.4 Å². The summed E-state index contributed by atoms with van der Waals surface area (Å²) in [4.78, 5) is 62.2. The van der Waals surface area contributed by atoms with E-state index in [9.17, 15) is 19.2 Å². The van der Waals surface area contributed by atoms with Crippen LogP contribution in [0.4, 0.5) is 4.79 Å². The smallest absolute Gasteiger partial charge is 0.409 e. The Balaban J connectivity index is 1.33. The van der Waals surface area contributed by atoms with Gasteiger partial charge in [0.25, 0.3) is 11.8 Å². The Morgan fingerprint density at radius 2 is 1.63 bits per heavy atom. The van der Waals surface area contributed by atoms with Crippen LogP contribution in [0.3, 0.4) is 0 Å². The molecule has 4 rings (SSSR count). The van der Waals surface area contributed by atoms with E-state index in [0.717, 1.165) is 18.4 Å². The minimum atomic E-state index is -0.542. The second kappa shape index (κ2) is 15.2. The summed E-state index contributed by atoms with van der Waals surface area (Å²) in [5.41, 5.74) is 1.55. The van der Waals surface area contributed by atoms with Crippen molar-refractivity contribution in [2.24, 2.45) is 0 Å². The molecular formula is C30H39N7O6. The van der Waals surface area contributed by atoms with Crippen LogP contribution >= 0.6 is 0 Å². The molecule has 230 valence electrons. The molecule has 0 bridgehead atoms. The summed E-state index contributed by atoms with van der Waals surface area (Å²) in [6.45, 7) is 7.94. The second-order valence-electron chi connectivity index (χ2n) is 10.6. The van der Waals surface area contributed by atoms with Gasteiger partial charge in [-0.2, -0.15) is 5.26 Å². The van der Waals surface area contributed by atoms with Crippen molar-refractivity contribution in [2.75, 3.05) is 78.7 Å². The standard InChI is InChI=1S/C30H39N7O6/c1-3-4-17-42-30(41)37-15-13-35(14-16-37)27(38)20-32-29(40)25-19-26(23-6-5-22(2)18-24(23)33-25)43-21-28(39)36-11-9-34(8-7-31)10-12-36/h5-6,18-19H,3-4,8-17,20-21H2,1-2H3,(H,32,40). The minimum Gasteiger partial charge on any atom is -0.483 e. The van der Waals surface area contributed by atoms with Crippen LogP contribution in [0, 0.1) is 18.3 Å². The molecule has 13 nitrogen and oxygen atoms in total. The highest BCUT2D eigenvalue weighted by Crippen LogP contribution is 2.27. The molecule has 2 aliphatic rings. The van der Waals surface area contributed by atoms with Gasteiger partial charge in [0, 0.05) is 63.8 Å². The van der Waals surface area contributed by atoms with Crippen LogP contribution in [-0.4, -0.2) is 127 Å². The van der Waals surface area contributed by atoms with E-state index in [1.165, 1.54) is 6.07 Å². The summed E-state index contributed by atoms with van der Waals surface area (Å²) in [5.74, 6) is -0.639. The first-order valence-corrected chi connectivity index (χ1v) is 14.7. The van der Waals surface area contributed by atoms with Crippen molar-refractivity contribution in [3.8, 4) is 11.8 Å². The number of unbranched alkanes of at least 4 members (excludes halogenated alkanes) is 1. The number of benzene rings is 1. The Bertz CT molecular complexity index is 1360. The number of ether oxygens (including phenoxy) is 2. The summed E-state index contributed by atoms with van der Waals surface area (Å²) >= 11 is 0. The third-order valence-electron chi connectivity index (χ3n) is 7.54. The molecule has 0 radical (unpaired) electrons. The summed E-state index contributed by atoms with van der Waals surface area (Å²) in [5, 5.41) is 12.2. The highest BCUT2D eigenvalue weighted by molar-refractivity contribution is 5.98. The number of rotatable bonds is 10. The average Bonchev–Trinajstić information content (AvgIpc) is 3.02. The van der Waals surface area contributed by atoms with Gasteiger partial charge in [0.15, 0.2) is 6.61 Å².